The monoisotopic (exact) mass is 321 g/mol. The zero-order valence-electron chi connectivity index (χ0n) is 13.4. The molecule has 0 unspecified atom stereocenters. The Hall–Kier alpha value is -3.20. The first-order chi connectivity index (χ1) is 11.6. The van der Waals surface area contributed by atoms with Crippen molar-refractivity contribution in [3.8, 4) is 6.07 Å². The van der Waals surface area contributed by atoms with E-state index in [0.717, 1.165) is 23.1 Å². The standard InChI is InChI=1S/C10H9N3.C8H7FN2/c1-2-13-7-12-9-5-8(6-11)3-4-10(9)13;1-11-5-10-7-4-6(9)2-3-8(7)11/h3-5,7H,2H2,1H3;2-5H,1H3. The van der Waals surface area contributed by atoms with Gasteiger partial charge < -0.3 is 9.13 Å². The van der Waals surface area contributed by atoms with E-state index in [1.165, 1.54) is 12.1 Å². The van der Waals surface area contributed by atoms with Crippen molar-refractivity contribution < 1.29 is 4.39 Å². The SMILES string of the molecule is CCn1cnc2cc(C#N)ccc21.Cn1cnc2cc(F)ccc21. The molecule has 2 aromatic carbocycles. The summed E-state index contributed by atoms with van der Waals surface area (Å²) in [5.74, 6) is -0.240. The van der Waals surface area contributed by atoms with Crippen LogP contribution in [-0.2, 0) is 13.6 Å². The molecule has 0 bridgehead atoms. The Bertz CT molecular complexity index is 1040. The van der Waals surface area contributed by atoms with Gasteiger partial charge >= 0.3 is 0 Å². The van der Waals surface area contributed by atoms with Gasteiger partial charge in [0.15, 0.2) is 0 Å². The number of aromatic nitrogens is 4. The molecule has 4 aromatic rings. The molecule has 24 heavy (non-hydrogen) atoms. The number of halogens is 1. The maximum absolute atomic E-state index is 12.6. The third kappa shape index (κ3) is 2.97. The van der Waals surface area contributed by atoms with Crippen molar-refractivity contribution in [3.05, 3.63) is 60.4 Å². The Kier molecular flexibility index (Phi) is 4.25. The van der Waals surface area contributed by atoms with E-state index >= 15 is 0 Å². The molecule has 0 fully saturated rings. The van der Waals surface area contributed by atoms with E-state index in [1.807, 2.05) is 29.8 Å². The predicted octanol–water partition coefficient (Wildman–Crippen LogP) is 3.64. The lowest BCUT2D eigenvalue weighted by Crippen LogP contribution is -1.90. The fraction of sp³-hybridized carbons (Fsp3) is 0.167. The van der Waals surface area contributed by atoms with E-state index in [0.29, 0.717) is 11.1 Å². The Morgan fingerprint density at radius 1 is 1.04 bits per heavy atom. The molecule has 5 nitrogen and oxygen atoms in total. The van der Waals surface area contributed by atoms with Crippen molar-refractivity contribution in [2.24, 2.45) is 7.05 Å². The summed E-state index contributed by atoms with van der Waals surface area (Å²) >= 11 is 0. The maximum atomic E-state index is 12.6. The molecule has 0 amide bonds. The highest BCUT2D eigenvalue weighted by atomic mass is 19.1. The highest BCUT2D eigenvalue weighted by molar-refractivity contribution is 5.77. The zero-order valence-corrected chi connectivity index (χ0v) is 13.4. The van der Waals surface area contributed by atoms with E-state index in [9.17, 15) is 4.39 Å². The van der Waals surface area contributed by atoms with Crippen LogP contribution in [0.2, 0.25) is 0 Å². The third-order valence-electron chi connectivity index (χ3n) is 3.78. The lowest BCUT2D eigenvalue weighted by atomic mass is 10.2. The maximum Gasteiger partial charge on any atom is 0.125 e. The fourth-order valence-corrected chi connectivity index (χ4v) is 2.49. The number of rotatable bonds is 1. The Balaban J connectivity index is 0.000000143. The van der Waals surface area contributed by atoms with Crippen molar-refractivity contribution >= 4 is 22.1 Å². The van der Waals surface area contributed by atoms with Crippen LogP contribution in [0.25, 0.3) is 22.1 Å². The molecule has 120 valence electrons. The van der Waals surface area contributed by atoms with Crippen molar-refractivity contribution in [3.63, 3.8) is 0 Å². The van der Waals surface area contributed by atoms with E-state index in [4.69, 9.17) is 5.26 Å². The van der Waals surface area contributed by atoms with Crippen LogP contribution in [0.5, 0.6) is 0 Å². The molecule has 0 aliphatic carbocycles. The van der Waals surface area contributed by atoms with Crippen molar-refractivity contribution in [2.45, 2.75) is 13.5 Å². The molecular formula is C18H16FN5. The van der Waals surface area contributed by atoms with Gasteiger partial charge in [0.05, 0.1) is 46.4 Å². The molecule has 0 atom stereocenters. The topological polar surface area (TPSA) is 59.4 Å². The summed E-state index contributed by atoms with van der Waals surface area (Å²) in [6, 6.07) is 12.2. The molecule has 0 saturated carbocycles. The van der Waals surface area contributed by atoms with Crippen LogP contribution in [0.1, 0.15) is 12.5 Å². The van der Waals surface area contributed by atoms with E-state index in [2.05, 4.69) is 27.5 Å². The van der Waals surface area contributed by atoms with Crippen LogP contribution in [0.15, 0.2) is 49.1 Å². The molecule has 2 aromatic heterocycles. The molecule has 0 saturated heterocycles. The third-order valence-corrected chi connectivity index (χ3v) is 3.78. The number of nitriles is 1. The number of imidazole rings is 2. The van der Waals surface area contributed by atoms with Gasteiger partial charge in [-0.1, -0.05) is 0 Å². The second-order valence-corrected chi connectivity index (χ2v) is 5.33. The minimum Gasteiger partial charge on any atom is -0.334 e. The zero-order chi connectivity index (χ0) is 17.1. The number of hydrogen-bond acceptors (Lipinski definition) is 3. The van der Waals surface area contributed by atoms with Gasteiger partial charge in [-0.05, 0) is 37.3 Å². The van der Waals surface area contributed by atoms with E-state index in [1.54, 1.807) is 18.7 Å². The van der Waals surface area contributed by atoms with Crippen LogP contribution in [-0.4, -0.2) is 19.1 Å². The van der Waals surface area contributed by atoms with Gasteiger partial charge in [0.1, 0.15) is 5.82 Å². The smallest absolute Gasteiger partial charge is 0.125 e. The summed E-state index contributed by atoms with van der Waals surface area (Å²) in [6.07, 6.45) is 3.47. The van der Waals surface area contributed by atoms with Gasteiger partial charge in [-0.15, -0.1) is 0 Å². The summed E-state index contributed by atoms with van der Waals surface area (Å²) in [5, 5.41) is 8.68. The lowest BCUT2D eigenvalue weighted by molar-refractivity contribution is 0.629. The van der Waals surface area contributed by atoms with Gasteiger partial charge in [-0.25, -0.2) is 14.4 Å². The second kappa shape index (κ2) is 6.50. The molecule has 0 N–H and O–H groups in total. The summed E-state index contributed by atoms with van der Waals surface area (Å²) in [7, 11) is 1.88. The number of aryl methyl sites for hydroxylation is 2. The highest BCUT2D eigenvalue weighted by Crippen LogP contribution is 2.14. The van der Waals surface area contributed by atoms with Crippen molar-refractivity contribution in [2.75, 3.05) is 0 Å². The summed E-state index contributed by atoms with van der Waals surface area (Å²) in [4.78, 5) is 8.21. The minimum absolute atomic E-state index is 0.240. The van der Waals surface area contributed by atoms with E-state index in [-0.39, 0.29) is 5.82 Å². The molecule has 2 heterocycles. The minimum atomic E-state index is -0.240. The van der Waals surface area contributed by atoms with Gasteiger partial charge in [0.25, 0.3) is 0 Å². The molecule has 0 aliphatic rings. The Morgan fingerprint density at radius 2 is 1.75 bits per heavy atom. The molecule has 6 heteroatoms. The summed E-state index contributed by atoms with van der Waals surface area (Å²) in [6.45, 7) is 2.97. The predicted molar refractivity (Wildman–Crippen MR) is 90.8 cm³/mol. The van der Waals surface area contributed by atoms with Gasteiger partial charge in [0, 0.05) is 19.7 Å². The summed E-state index contributed by atoms with van der Waals surface area (Å²) < 4.78 is 16.5. The molecule has 4 rings (SSSR count). The molecule has 0 aliphatic heterocycles. The van der Waals surface area contributed by atoms with Crippen LogP contribution < -0.4 is 0 Å². The number of fused-ring (bicyclic) bond motifs is 2. The van der Waals surface area contributed by atoms with Crippen LogP contribution in [0.3, 0.4) is 0 Å². The summed E-state index contributed by atoms with van der Waals surface area (Å²) in [5.41, 5.74) is 4.29. The first kappa shape index (κ1) is 15.7. The first-order valence-electron chi connectivity index (χ1n) is 7.54. The van der Waals surface area contributed by atoms with Gasteiger partial charge in [0.2, 0.25) is 0 Å². The molecule has 0 radical (unpaired) electrons. The molecular weight excluding hydrogens is 305 g/mol. The largest absolute Gasteiger partial charge is 0.334 e. The molecule has 0 spiro atoms. The average Bonchev–Trinajstić information content (AvgIpc) is 3.18. The van der Waals surface area contributed by atoms with Crippen molar-refractivity contribution in [1.29, 1.82) is 5.26 Å². The second-order valence-electron chi connectivity index (χ2n) is 5.33. The quantitative estimate of drug-likeness (QED) is 0.538. The Morgan fingerprint density at radius 3 is 2.50 bits per heavy atom. The number of hydrogen-bond donors (Lipinski definition) is 0. The van der Waals surface area contributed by atoms with Crippen LogP contribution >= 0.6 is 0 Å². The number of nitrogens with zero attached hydrogens (tertiary/aromatic N) is 5. The fourth-order valence-electron chi connectivity index (χ4n) is 2.49. The Labute approximate surface area is 138 Å². The highest BCUT2D eigenvalue weighted by Gasteiger charge is 2.01. The number of benzene rings is 2. The first-order valence-corrected chi connectivity index (χ1v) is 7.54. The average molecular weight is 321 g/mol. The van der Waals surface area contributed by atoms with Gasteiger partial charge in [-0.2, -0.15) is 5.26 Å². The normalized spacial score (nSPS) is 10.4. The van der Waals surface area contributed by atoms with Gasteiger partial charge in [-0.3, -0.25) is 0 Å². The van der Waals surface area contributed by atoms with Crippen LogP contribution in [0.4, 0.5) is 4.39 Å². The van der Waals surface area contributed by atoms with Crippen LogP contribution in [0, 0.1) is 17.1 Å². The van der Waals surface area contributed by atoms with E-state index < -0.39 is 0 Å². The van der Waals surface area contributed by atoms with Crippen molar-refractivity contribution in [1.82, 2.24) is 19.1 Å². The lowest BCUT2D eigenvalue weighted by Gasteiger charge is -1.97.